The van der Waals surface area contributed by atoms with Crippen molar-refractivity contribution in [1.82, 2.24) is 5.16 Å². The fourth-order valence-corrected chi connectivity index (χ4v) is 2.84. The van der Waals surface area contributed by atoms with Crippen LogP contribution < -0.4 is 5.32 Å². The van der Waals surface area contributed by atoms with E-state index >= 15 is 0 Å². The van der Waals surface area contributed by atoms with Gasteiger partial charge in [0.2, 0.25) is 5.91 Å². The summed E-state index contributed by atoms with van der Waals surface area (Å²) in [5.74, 6) is -0.119. The zero-order chi connectivity index (χ0) is 14.8. The second-order valence-corrected chi connectivity index (χ2v) is 5.78. The number of anilines is 1. The van der Waals surface area contributed by atoms with E-state index < -0.39 is 0 Å². The van der Waals surface area contributed by atoms with Crippen LogP contribution >= 0.6 is 15.9 Å². The van der Waals surface area contributed by atoms with Crippen LogP contribution in [0.2, 0.25) is 0 Å². The van der Waals surface area contributed by atoms with E-state index in [0.29, 0.717) is 11.3 Å². The number of aryl methyl sites for hydroxylation is 1. The molecular weight excluding hydrogens is 332 g/mol. The van der Waals surface area contributed by atoms with Gasteiger partial charge in [-0.3, -0.25) is 4.79 Å². The molecular formula is C16H13BrN2O2. The number of hydrogen-bond donors (Lipinski definition) is 1. The number of amides is 1. The molecule has 0 fully saturated rings. The molecule has 2 aromatic carbocycles. The lowest BCUT2D eigenvalue weighted by molar-refractivity contribution is -0.115. The summed E-state index contributed by atoms with van der Waals surface area (Å²) in [6.07, 6.45) is 0.183. The number of aromatic nitrogens is 1. The van der Waals surface area contributed by atoms with Gasteiger partial charge in [0.05, 0.1) is 6.42 Å². The monoisotopic (exact) mass is 344 g/mol. The molecule has 0 unspecified atom stereocenters. The van der Waals surface area contributed by atoms with Crippen LogP contribution in [0.25, 0.3) is 11.0 Å². The Hall–Kier alpha value is -2.14. The zero-order valence-electron chi connectivity index (χ0n) is 11.4. The molecule has 0 saturated carbocycles. The van der Waals surface area contributed by atoms with Gasteiger partial charge in [-0.25, -0.2) is 0 Å². The number of carbonyl (C=O) groups is 1. The van der Waals surface area contributed by atoms with Crippen LogP contribution in [0, 0.1) is 6.92 Å². The molecule has 0 radical (unpaired) electrons. The second-order valence-electron chi connectivity index (χ2n) is 4.87. The molecule has 1 heterocycles. The molecule has 0 bridgehead atoms. The predicted octanol–water partition coefficient (Wildman–Crippen LogP) is 4.08. The Morgan fingerprint density at radius 3 is 2.90 bits per heavy atom. The van der Waals surface area contributed by atoms with Gasteiger partial charge in [-0.2, -0.15) is 0 Å². The van der Waals surface area contributed by atoms with Gasteiger partial charge in [0.1, 0.15) is 5.69 Å². The van der Waals surface area contributed by atoms with Crippen molar-refractivity contribution in [2.75, 3.05) is 5.32 Å². The van der Waals surface area contributed by atoms with Crippen LogP contribution in [0.1, 0.15) is 11.3 Å². The smallest absolute Gasteiger partial charge is 0.230 e. The van der Waals surface area contributed by atoms with E-state index in [-0.39, 0.29) is 12.3 Å². The van der Waals surface area contributed by atoms with Gasteiger partial charge in [0, 0.05) is 15.5 Å². The van der Waals surface area contributed by atoms with Gasteiger partial charge in [-0.15, -0.1) is 0 Å². The first-order chi connectivity index (χ1) is 10.1. The summed E-state index contributed by atoms with van der Waals surface area (Å²) in [6, 6.07) is 13.3. The van der Waals surface area contributed by atoms with E-state index in [1.54, 1.807) is 0 Å². The molecule has 106 valence electrons. The molecule has 3 aromatic rings. The van der Waals surface area contributed by atoms with Gasteiger partial charge in [-0.05, 0) is 42.8 Å². The van der Waals surface area contributed by atoms with Crippen LogP contribution in [-0.4, -0.2) is 11.1 Å². The molecule has 0 saturated heterocycles. The average Bonchev–Trinajstić information content (AvgIpc) is 2.81. The highest BCUT2D eigenvalue weighted by molar-refractivity contribution is 9.10. The van der Waals surface area contributed by atoms with Crippen molar-refractivity contribution in [3.8, 4) is 0 Å². The van der Waals surface area contributed by atoms with Crippen molar-refractivity contribution in [2.45, 2.75) is 13.3 Å². The second kappa shape index (κ2) is 5.69. The molecule has 0 spiro atoms. The van der Waals surface area contributed by atoms with E-state index in [2.05, 4.69) is 26.4 Å². The van der Waals surface area contributed by atoms with Crippen molar-refractivity contribution in [2.24, 2.45) is 0 Å². The maximum absolute atomic E-state index is 12.1. The van der Waals surface area contributed by atoms with Gasteiger partial charge < -0.3 is 9.84 Å². The molecule has 0 aliphatic rings. The molecule has 0 aliphatic heterocycles. The first-order valence-electron chi connectivity index (χ1n) is 6.52. The fraction of sp³-hybridized carbons (Fsp3) is 0.125. The Morgan fingerprint density at radius 2 is 2.10 bits per heavy atom. The number of rotatable bonds is 3. The van der Waals surface area contributed by atoms with Gasteiger partial charge in [-0.1, -0.05) is 33.2 Å². The van der Waals surface area contributed by atoms with Crippen LogP contribution in [0.3, 0.4) is 0 Å². The number of benzene rings is 2. The molecule has 21 heavy (non-hydrogen) atoms. The van der Waals surface area contributed by atoms with Crippen LogP contribution in [0.4, 0.5) is 5.69 Å². The van der Waals surface area contributed by atoms with E-state index in [0.717, 1.165) is 21.1 Å². The van der Waals surface area contributed by atoms with Crippen LogP contribution in [0.15, 0.2) is 51.5 Å². The molecule has 1 N–H and O–H groups in total. The summed E-state index contributed by atoms with van der Waals surface area (Å²) in [5.41, 5.74) is 3.18. The Bertz CT molecular complexity index is 791. The number of fused-ring (bicyclic) bond motifs is 1. The first kappa shape index (κ1) is 13.8. The summed E-state index contributed by atoms with van der Waals surface area (Å²) in [6.45, 7) is 1.98. The summed E-state index contributed by atoms with van der Waals surface area (Å²) < 4.78 is 6.14. The maximum atomic E-state index is 12.1. The maximum Gasteiger partial charge on any atom is 0.230 e. The lowest BCUT2D eigenvalue weighted by Crippen LogP contribution is -2.14. The molecule has 5 heteroatoms. The minimum atomic E-state index is -0.119. The minimum absolute atomic E-state index is 0.119. The van der Waals surface area contributed by atoms with Crippen LogP contribution in [0.5, 0.6) is 0 Å². The third-order valence-electron chi connectivity index (χ3n) is 3.11. The normalized spacial score (nSPS) is 10.8. The van der Waals surface area contributed by atoms with Gasteiger partial charge in [0.25, 0.3) is 0 Å². The van der Waals surface area contributed by atoms with E-state index in [4.69, 9.17) is 4.52 Å². The van der Waals surface area contributed by atoms with E-state index in [9.17, 15) is 4.79 Å². The summed E-state index contributed by atoms with van der Waals surface area (Å²) in [5, 5.41) is 7.72. The molecule has 1 aromatic heterocycles. The molecule has 4 nitrogen and oxygen atoms in total. The quantitative estimate of drug-likeness (QED) is 0.778. The minimum Gasteiger partial charge on any atom is -0.356 e. The Labute approximate surface area is 130 Å². The topological polar surface area (TPSA) is 55.1 Å². The summed E-state index contributed by atoms with van der Waals surface area (Å²) in [4.78, 5) is 12.1. The van der Waals surface area contributed by atoms with Gasteiger partial charge >= 0.3 is 0 Å². The van der Waals surface area contributed by atoms with Crippen molar-refractivity contribution in [3.05, 3.63) is 58.2 Å². The standard InChI is InChI=1S/C16H13BrN2O2/c1-10-6-11(17)8-12(7-10)18-16(20)9-14-13-4-2-3-5-15(13)21-19-14/h2-8H,9H2,1H3,(H,18,20). The number of halogens is 1. The van der Waals surface area contributed by atoms with Crippen molar-refractivity contribution in [3.63, 3.8) is 0 Å². The number of hydrogen-bond acceptors (Lipinski definition) is 3. The summed E-state index contributed by atoms with van der Waals surface area (Å²) in [7, 11) is 0. The number of nitrogens with zero attached hydrogens (tertiary/aromatic N) is 1. The fourth-order valence-electron chi connectivity index (χ4n) is 2.23. The average molecular weight is 345 g/mol. The lowest BCUT2D eigenvalue weighted by atomic mass is 10.1. The highest BCUT2D eigenvalue weighted by Crippen LogP contribution is 2.21. The number of carbonyl (C=O) groups excluding carboxylic acids is 1. The molecule has 3 rings (SSSR count). The Balaban J connectivity index is 1.77. The van der Waals surface area contributed by atoms with Crippen molar-refractivity contribution < 1.29 is 9.32 Å². The van der Waals surface area contributed by atoms with E-state index in [1.165, 1.54) is 0 Å². The predicted molar refractivity (Wildman–Crippen MR) is 85.2 cm³/mol. The Kier molecular flexibility index (Phi) is 3.75. The zero-order valence-corrected chi connectivity index (χ0v) is 13.0. The van der Waals surface area contributed by atoms with Crippen molar-refractivity contribution >= 4 is 38.5 Å². The first-order valence-corrected chi connectivity index (χ1v) is 7.31. The summed E-state index contributed by atoms with van der Waals surface area (Å²) >= 11 is 3.42. The van der Waals surface area contributed by atoms with Crippen molar-refractivity contribution in [1.29, 1.82) is 0 Å². The molecule has 0 aliphatic carbocycles. The SMILES string of the molecule is Cc1cc(Br)cc(NC(=O)Cc2noc3ccccc23)c1. The highest BCUT2D eigenvalue weighted by Gasteiger charge is 2.12. The third-order valence-corrected chi connectivity index (χ3v) is 3.56. The Morgan fingerprint density at radius 1 is 1.29 bits per heavy atom. The molecule has 1 amide bonds. The van der Waals surface area contributed by atoms with Gasteiger partial charge in [0.15, 0.2) is 5.58 Å². The van der Waals surface area contributed by atoms with E-state index in [1.807, 2.05) is 49.4 Å². The largest absolute Gasteiger partial charge is 0.356 e. The number of nitrogens with one attached hydrogen (secondary N) is 1. The number of para-hydroxylation sites is 1. The highest BCUT2D eigenvalue weighted by atomic mass is 79.9. The lowest BCUT2D eigenvalue weighted by Gasteiger charge is -2.06. The molecule has 0 atom stereocenters. The van der Waals surface area contributed by atoms with Crippen LogP contribution in [-0.2, 0) is 11.2 Å². The third kappa shape index (κ3) is 3.13.